The first-order chi connectivity index (χ1) is 11.7. The zero-order valence-corrected chi connectivity index (χ0v) is 13.9. The summed E-state index contributed by atoms with van der Waals surface area (Å²) in [5, 5.41) is 0. The number of piperidine rings is 1. The Morgan fingerprint density at radius 2 is 1.96 bits per heavy atom. The highest BCUT2D eigenvalue weighted by Crippen LogP contribution is 2.24. The van der Waals surface area contributed by atoms with Crippen LogP contribution in [0, 0.1) is 11.7 Å². The highest BCUT2D eigenvalue weighted by Gasteiger charge is 2.17. The van der Waals surface area contributed by atoms with E-state index in [4.69, 9.17) is 0 Å². The third-order valence-electron chi connectivity index (χ3n) is 4.99. The van der Waals surface area contributed by atoms with Crippen molar-refractivity contribution >= 4 is 11.0 Å². The lowest BCUT2D eigenvalue weighted by atomic mass is 9.98. The van der Waals surface area contributed by atoms with Gasteiger partial charge in [0.25, 0.3) is 0 Å². The molecule has 0 aliphatic carbocycles. The molecule has 0 bridgehead atoms. The van der Waals surface area contributed by atoms with Crippen molar-refractivity contribution in [3.63, 3.8) is 0 Å². The summed E-state index contributed by atoms with van der Waals surface area (Å²) >= 11 is 0. The fraction of sp³-hybridized carbons (Fsp3) is 0.350. The Balaban J connectivity index is 1.55. The predicted molar refractivity (Wildman–Crippen MR) is 95.2 cm³/mol. The van der Waals surface area contributed by atoms with Gasteiger partial charge in [0.15, 0.2) is 0 Å². The number of nitrogens with zero attached hydrogens (tertiary/aromatic N) is 2. The van der Waals surface area contributed by atoms with Gasteiger partial charge in [0.05, 0.1) is 11.0 Å². The van der Waals surface area contributed by atoms with E-state index in [2.05, 4.69) is 21.8 Å². The van der Waals surface area contributed by atoms with E-state index in [1.54, 1.807) is 6.07 Å². The molecule has 124 valence electrons. The summed E-state index contributed by atoms with van der Waals surface area (Å²) in [7, 11) is 0. The first-order valence-corrected chi connectivity index (χ1v) is 8.65. The minimum absolute atomic E-state index is 0.147. The van der Waals surface area contributed by atoms with Crippen molar-refractivity contribution in [2.45, 2.75) is 26.3 Å². The molecule has 2 aromatic carbocycles. The number of likely N-dealkylation sites (tertiary alicyclic amines) is 1. The van der Waals surface area contributed by atoms with E-state index in [0.29, 0.717) is 12.4 Å². The molecule has 4 heteroatoms. The zero-order chi connectivity index (χ0) is 16.5. The van der Waals surface area contributed by atoms with Crippen molar-refractivity contribution in [3.8, 4) is 11.4 Å². The predicted octanol–water partition coefficient (Wildman–Crippen LogP) is 4.60. The largest absolute Gasteiger partial charge is 0.338 e. The number of hydrogen-bond acceptors (Lipinski definition) is 2. The molecule has 1 fully saturated rings. The van der Waals surface area contributed by atoms with Gasteiger partial charge in [-0.15, -0.1) is 0 Å². The molecule has 1 saturated heterocycles. The summed E-state index contributed by atoms with van der Waals surface area (Å²) in [5.41, 5.74) is 3.43. The van der Waals surface area contributed by atoms with E-state index >= 15 is 0 Å². The highest BCUT2D eigenvalue weighted by molar-refractivity contribution is 5.79. The molecule has 0 radical (unpaired) electrons. The molecular weight excluding hydrogens is 301 g/mol. The second-order valence-corrected chi connectivity index (χ2v) is 6.87. The Morgan fingerprint density at radius 1 is 1.17 bits per heavy atom. The van der Waals surface area contributed by atoms with Gasteiger partial charge in [-0.25, -0.2) is 9.37 Å². The Morgan fingerprint density at radius 3 is 2.71 bits per heavy atom. The molecule has 24 heavy (non-hydrogen) atoms. The maximum absolute atomic E-state index is 14.6. The molecule has 0 unspecified atom stereocenters. The van der Waals surface area contributed by atoms with Crippen LogP contribution in [0.4, 0.5) is 4.39 Å². The van der Waals surface area contributed by atoms with Gasteiger partial charge < -0.3 is 4.98 Å². The Hall–Kier alpha value is -2.20. The number of fused-ring (bicyclic) bond motifs is 1. The molecular formula is C20H22FN3. The van der Waals surface area contributed by atoms with E-state index in [1.807, 2.05) is 36.4 Å². The third-order valence-corrected chi connectivity index (χ3v) is 4.99. The van der Waals surface area contributed by atoms with Crippen LogP contribution in [0.2, 0.25) is 0 Å². The second-order valence-electron chi connectivity index (χ2n) is 6.87. The van der Waals surface area contributed by atoms with Crippen LogP contribution in [0.1, 0.15) is 25.3 Å². The van der Waals surface area contributed by atoms with Gasteiger partial charge in [0.2, 0.25) is 0 Å². The van der Waals surface area contributed by atoms with Gasteiger partial charge in [-0.05, 0) is 50.0 Å². The molecule has 1 aliphatic rings. The first-order valence-electron chi connectivity index (χ1n) is 8.65. The number of H-pyrrole nitrogens is 1. The van der Waals surface area contributed by atoms with E-state index in [0.717, 1.165) is 41.2 Å². The van der Waals surface area contributed by atoms with Crippen molar-refractivity contribution in [2.24, 2.45) is 5.92 Å². The molecule has 2 heterocycles. The van der Waals surface area contributed by atoms with Crippen molar-refractivity contribution in [2.75, 3.05) is 13.1 Å². The lowest BCUT2D eigenvalue weighted by Crippen LogP contribution is -2.32. The molecule has 3 aromatic rings. The third kappa shape index (κ3) is 3.06. The van der Waals surface area contributed by atoms with E-state index in [-0.39, 0.29) is 5.82 Å². The number of rotatable bonds is 3. The maximum atomic E-state index is 14.6. The van der Waals surface area contributed by atoms with Crippen LogP contribution in [-0.4, -0.2) is 28.0 Å². The number of halogens is 1. The number of nitrogens with one attached hydrogen (secondary N) is 1. The van der Waals surface area contributed by atoms with Crippen LogP contribution in [0.15, 0.2) is 42.5 Å². The SMILES string of the molecule is CC1CCN(Cc2ccc(-c3nc4ccccc4[nH]3)cc2F)CC1. The van der Waals surface area contributed by atoms with Crippen molar-refractivity contribution < 1.29 is 4.39 Å². The van der Waals surface area contributed by atoms with E-state index in [9.17, 15) is 4.39 Å². The van der Waals surface area contributed by atoms with Crippen LogP contribution in [0.3, 0.4) is 0 Å². The number of hydrogen-bond donors (Lipinski definition) is 1. The molecule has 0 atom stereocenters. The van der Waals surface area contributed by atoms with Gasteiger partial charge in [-0.2, -0.15) is 0 Å². The zero-order valence-electron chi connectivity index (χ0n) is 13.9. The van der Waals surface area contributed by atoms with Crippen LogP contribution < -0.4 is 0 Å². The lowest BCUT2D eigenvalue weighted by molar-refractivity contribution is 0.183. The maximum Gasteiger partial charge on any atom is 0.138 e. The number of benzene rings is 2. The van der Waals surface area contributed by atoms with Gasteiger partial charge in [0.1, 0.15) is 11.6 Å². The molecule has 1 N–H and O–H groups in total. The van der Waals surface area contributed by atoms with Gasteiger partial charge in [-0.3, -0.25) is 4.90 Å². The number of para-hydroxylation sites is 2. The van der Waals surface area contributed by atoms with E-state index < -0.39 is 0 Å². The van der Waals surface area contributed by atoms with Gasteiger partial charge in [-0.1, -0.05) is 31.2 Å². The quantitative estimate of drug-likeness (QED) is 0.764. The summed E-state index contributed by atoms with van der Waals surface area (Å²) in [5.74, 6) is 1.36. The van der Waals surface area contributed by atoms with Crippen LogP contribution in [0.25, 0.3) is 22.4 Å². The fourth-order valence-electron chi connectivity index (χ4n) is 3.37. The minimum Gasteiger partial charge on any atom is -0.338 e. The van der Waals surface area contributed by atoms with Crippen molar-refractivity contribution in [1.29, 1.82) is 0 Å². The highest BCUT2D eigenvalue weighted by atomic mass is 19.1. The fourth-order valence-corrected chi connectivity index (χ4v) is 3.37. The summed E-state index contributed by atoms with van der Waals surface area (Å²) in [6.07, 6.45) is 2.41. The summed E-state index contributed by atoms with van der Waals surface area (Å²) < 4.78 is 14.6. The summed E-state index contributed by atoms with van der Waals surface area (Å²) in [4.78, 5) is 10.1. The number of aromatic amines is 1. The van der Waals surface area contributed by atoms with Crippen molar-refractivity contribution in [1.82, 2.24) is 14.9 Å². The topological polar surface area (TPSA) is 31.9 Å². The van der Waals surface area contributed by atoms with Crippen LogP contribution >= 0.6 is 0 Å². The molecule has 0 spiro atoms. The molecule has 1 aromatic heterocycles. The number of aromatic nitrogens is 2. The Bertz CT molecular complexity index is 814. The second kappa shape index (κ2) is 6.36. The average Bonchev–Trinajstić information content (AvgIpc) is 3.03. The van der Waals surface area contributed by atoms with Gasteiger partial charge in [0, 0.05) is 17.7 Å². The summed E-state index contributed by atoms with van der Waals surface area (Å²) in [6.45, 7) is 5.11. The summed E-state index contributed by atoms with van der Waals surface area (Å²) in [6, 6.07) is 13.3. The Kier molecular flexibility index (Phi) is 4.07. The molecule has 4 rings (SSSR count). The van der Waals surface area contributed by atoms with Crippen LogP contribution in [0.5, 0.6) is 0 Å². The Labute approximate surface area is 141 Å². The minimum atomic E-state index is -0.147. The van der Waals surface area contributed by atoms with Crippen LogP contribution in [-0.2, 0) is 6.54 Å². The normalized spacial score (nSPS) is 16.8. The monoisotopic (exact) mass is 323 g/mol. The lowest BCUT2D eigenvalue weighted by Gasteiger charge is -2.30. The molecule has 1 aliphatic heterocycles. The van der Waals surface area contributed by atoms with E-state index in [1.165, 1.54) is 12.8 Å². The smallest absolute Gasteiger partial charge is 0.138 e. The molecule has 3 nitrogen and oxygen atoms in total. The molecule has 0 amide bonds. The average molecular weight is 323 g/mol. The first kappa shape index (κ1) is 15.3. The number of imidazole rings is 1. The van der Waals surface area contributed by atoms with Gasteiger partial charge >= 0.3 is 0 Å². The van der Waals surface area contributed by atoms with Crippen molar-refractivity contribution in [3.05, 3.63) is 53.8 Å². The standard InChI is InChI=1S/C20H22FN3/c1-14-8-10-24(11-9-14)13-16-7-6-15(12-17(16)21)20-22-18-4-2-3-5-19(18)23-20/h2-7,12,14H,8-11,13H2,1H3,(H,22,23). The molecule has 0 saturated carbocycles.